The summed E-state index contributed by atoms with van der Waals surface area (Å²) in [4.78, 5) is 13.7. The molecule has 116 valence electrons. The van der Waals surface area contributed by atoms with E-state index in [-0.39, 0.29) is 17.1 Å². The Balaban J connectivity index is 2.35. The highest BCUT2D eigenvalue weighted by atomic mass is 31.2. The highest BCUT2D eigenvalue weighted by molar-refractivity contribution is 7.56. The SMILES string of the molecule is CN(C)C(=O)c1cc(P2OC(C)(C)C(C)(C)O2)ccc1N. The number of amides is 1. The van der Waals surface area contributed by atoms with Gasteiger partial charge in [-0.05, 0) is 45.9 Å². The van der Waals surface area contributed by atoms with Crippen LogP contribution in [0.1, 0.15) is 38.1 Å². The Labute approximate surface area is 127 Å². The lowest BCUT2D eigenvalue weighted by Gasteiger charge is -2.29. The lowest BCUT2D eigenvalue weighted by molar-refractivity contribution is 0.00578. The molecule has 1 saturated heterocycles. The van der Waals surface area contributed by atoms with Crippen LogP contribution in [0.15, 0.2) is 18.2 Å². The van der Waals surface area contributed by atoms with Gasteiger partial charge in [-0.3, -0.25) is 4.79 Å². The van der Waals surface area contributed by atoms with Crippen LogP contribution in [-0.4, -0.2) is 36.1 Å². The molecule has 21 heavy (non-hydrogen) atoms. The first-order valence-corrected chi connectivity index (χ1v) is 8.02. The number of rotatable bonds is 2. The Hall–Kier alpha value is -1.16. The maximum absolute atomic E-state index is 12.2. The first kappa shape index (κ1) is 16.2. The first-order chi connectivity index (χ1) is 9.55. The predicted octanol–water partition coefficient (Wildman–Crippen LogP) is 2.51. The predicted molar refractivity (Wildman–Crippen MR) is 85.8 cm³/mol. The molecule has 0 saturated carbocycles. The molecule has 5 nitrogen and oxygen atoms in total. The quantitative estimate of drug-likeness (QED) is 0.673. The Morgan fingerprint density at radius 3 is 2.14 bits per heavy atom. The van der Waals surface area contributed by atoms with Crippen molar-refractivity contribution >= 4 is 25.3 Å². The normalized spacial score (nSPS) is 20.5. The molecule has 2 rings (SSSR count). The van der Waals surface area contributed by atoms with Gasteiger partial charge in [0.05, 0.1) is 16.8 Å². The van der Waals surface area contributed by atoms with Crippen molar-refractivity contribution in [3.63, 3.8) is 0 Å². The third kappa shape index (κ3) is 2.91. The number of hydrogen-bond acceptors (Lipinski definition) is 4. The summed E-state index contributed by atoms with van der Waals surface area (Å²) in [7, 11) is 2.19. The standard InChI is InChI=1S/C15H23N2O3P/c1-14(2)15(3,4)20-21(19-14)10-7-8-12(16)11(9-10)13(18)17(5)6/h7-9H,16H2,1-6H3. The molecule has 1 aliphatic heterocycles. The van der Waals surface area contributed by atoms with E-state index in [1.165, 1.54) is 4.90 Å². The number of nitrogen functional groups attached to an aromatic ring is 1. The average molecular weight is 310 g/mol. The van der Waals surface area contributed by atoms with Gasteiger partial charge in [-0.15, -0.1) is 0 Å². The zero-order valence-corrected chi connectivity index (χ0v) is 14.3. The molecule has 0 atom stereocenters. The number of carbonyl (C=O) groups is 1. The van der Waals surface area contributed by atoms with Crippen LogP contribution in [0.2, 0.25) is 0 Å². The maximum atomic E-state index is 12.2. The summed E-state index contributed by atoms with van der Waals surface area (Å²) in [5.74, 6) is -0.123. The number of nitrogens with two attached hydrogens (primary N) is 1. The molecule has 1 aromatic carbocycles. The van der Waals surface area contributed by atoms with Crippen molar-refractivity contribution in [2.75, 3.05) is 19.8 Å². The Morgan fingerprint density at radius 2 is 1.67 bits per heavy atom. The van der Waals surface area contributed by atoms with Crippen LogP contribution in [0.5, 0.6) is 0 Å². The van der Waals surface area contributed by atoms with E-state index in [2.05, 4.69) is 0 Å². The Morgan fingerprint density at radius 1 is 1.14 bits per heavy atom. The molecule has 1 aromatic rings. The van der Waals surface area contributed by atoms with E-state index in [0.29, 0.717) is 11.3 Å². The van der Waals surface area contributed by atoms with Crippen LogP contribution in [0.25, 0.3) is 0 Å². The minimum Gasteiger partial charge on any atom is -0.398 e. The molecule has 1 fully saturated rings. The minimum absolute atomic E-state index is 0.123. The number of hydrogen-bond donors (Lipinski definition) is 1. The molecule has 0 spiro atoms. The van der Waals surface area contributed by atoms with Crippen molar-refractivity contribution in [1.82, 2.24) is 4.90 Å². The molecule has 2 N–H and O–H groups in total. The van der Waals surface area contributed by atoms with E-state index in [0.717, 1.165) is 5.30 Å². The number of carbonyl (C=O) groups excluding carboxylic acids is 1. The van der Waals surface area contributed by atoms with E-state index < -0.39 is 8.38 Å². The second-order valence-electron chi connectivity index (χ2n) is 6.43. The van der Waals surface area contributed by atoms with Gasteiger partial charge in [0.15, 0.2) is 0 Å². The molecule has 0 aliphatic carbocycles. The van der Waals surface area contributed by atoms with E-state index in [1.807, 2.05) is 33.8 Å². The lowest BCUT2D eigenvalue weighted by Crippen LogP contribution is -2.41. The number of nitrogens with zero attached hydrogens (tertiary/aromatic N) is 1. The fourth-order valence-corrected chi connectivity index (χ4v) is 3.79. The summed E-state index contributed by atoms with van der Waals surface area (Å²) in [6.07, 6.45) is 0. The zero-order chi connectivity index (χ0) is 16.0. The second-order valence-corrected chi connectivity index (χ2v) is 7.83. The zero-order valence-electron chi connectivity index (χ0n) is 13.4. The van der Waals surface area contributed by atoms with Gasteiger partial charge in [0.25, 0.3) is 5.91 Å². The van der Waals surface area contributed by atoms with Gasteiger partial charge in [0.1, 0.15) is 0 Å². The molecule has 6 heteroatoms. The monoisotopic (exact) mass is 310 g/mol. The molecule has 0 radical (unpaired) electrons. The van der Waals surface area contributed by atoms with Crippen molar-refractivity contribution in [3.8, 4) is 0 Å². The summed E-state index contributed by atoms with van der Waals surface area (Å²) in [6.45, 7) is 8.05. The topological polar surface area (TPSA) is 64.8 Å². The smallest absolute Gasteiger partial charge is 0.255 e. The first-order valence-electron chi connectivity index (χ1n) is 6.85. The van der Waals surface area contributed by atoms with Crippen LogP contribution in [0.4, 0.5) is 5.69 Å². The largest absolute Gasteiger partial charge is 0.398 e. The van der Waals surface area contributed by atoms with Crippen LogP contribution < -0.4 is 11.0 Å². The maximum Gasteiger partial charge on any atom is 0.255 e. The van der Waals surface area contributed by atoms with Crippen molar-refractivity contribution in [2.45, 2.75) is 38.9 Å². The molecular weight excluding hydrogens is 287 g/mol. The van der Waals surface area contributed by atoms with Gasteiger partial charge in [0.2, 0.25) is 8.38 Å². The van der Waals surface area contributed by atoms with Gasteiger partial charge in [-0.1, -0.05) is 0 Å². The van der Waals surface area contributed by atoms with Crippen molar-refractivity contribution in [3.05, 3.63) is 23.8 Å². The van der Waals surface area contributed by atoms with Gasteiger partial charge in [0, 0.05) is 25.1 Å². The summed E-state index contributed by atoms with van der Waals surface area (Å²) >= 11 is 0. The summed E-state index contributed by atoms with van der Waals surface area (Å²) in [5.41, 5.74) is 6.09. The van der Waals surface area contributed by atoms with Gasteiger partial charge in [-0.25, -0.2) is 0 Å². The Kier molecular flexibility index (Phi) is 4.04. The summed E-state index contributed by atoms with van der Waals surface area (Å²) < 4.78 is 12.1. The molecule has 1 amide bonds. The number of anilines is 1. The van der Waals surface area contributed by atoms with Crippen LogP contribution in [-0.2, 0) is 9.05 Å². The fraction of sp³-hybridized carbons (Fsp3) is 0.533. The van der Waals surface area contributed by atoms with Gasteiger partial charge < -0.3 is 19.7 Å². The van der Waals surface area contributed by atoms with Crippen molar-refractivity contribution in [1.29, 1.82) is 0 Å². The van der Waals surface area contributed by atoms with Gasteiger partial charge >= 0.3 is 0 Å². The van der Waals surface area contributed by atoms with Crippen LogP contribution >= 0.6 is 8.38 Å². The molecule has 1 heterocycles. The van der Waals surface area contributed by atoms with E-state index in [4.69, 9.17) is 14.8 Å². The lowest BCUT2D eigenvalue weighted by atomic mass is 9.90. The molecule has 1 aliphatic rings. The highest BCUT2D eigenvalue weighted by Gasteiger charge is 2.50. The summed E-state index contributed by atoms with van der Waals surface area (Å²) in [6, 6.07) is 5.38. The minimum atomic E-state index is -1.22. The van der Waals surface area contributed by atoms with E-state index in [9.17, 15) is 4.79 Å². The third-order valence-corrected chi connectivity index (χ3v) is 5.90. The van der Waals surface area contributed by atoms with Crippen LogP contribution in [0.3, 0.4) is 0 Å². The summed E-state index contributed by atoms with van der Waals surface area (Å²) in [5, 5.41) is 0.864. The molecule has 0 unspecified atom stereocenters. The Bertz CT molecular complexity index is 554. The van der Waals surface area contributed by atoms with Crippen LogP contribution in [0, 0.1) is 0 Å². The van der Waals surface area contributed by atoms with E-state index >= 15 is 0 Å². The third-order valence-electron chi connectivity index (χ3n) is 3.96. The number of benzene rings is 1. The van der Waals surface area contributed by atoms with E-state index in [1.54, 1.807) is 26.2 Å². The molecular formula is C15H23N2O3P. The van der Waals surface area contributed by atoms with Gasteiger partial charge in [-0.2, -0.15) is 0 Å². The molecule has 0 aromatic heterocycles. The molecule has 0 bridgehead atoms. The van der Waals surface area contributed by atoms with Crippen molar-refractivity contribution < 1.29 is 13.8 Å². The van der Waals surface area contributed by atoms with Crippen molar-refractivity contribution in [2.24, 2.45) is 0 Å². The fourth-order valence-electron chi connectivity index (χ4n) is 1.84. The highest BCUT2D eigenvalue weighted by Crippen LogP contribution is 2.57. The average Bonchev–Trinajstić information content (AvgIpc) is 2.58. The second kappa shape index (κ2) is 5.24.